The first kappa shape index (κ1) is 20.9. The fraction of sp³-hybridized carbons (Fsp3) is 0.318. The van der Waals surface area contributed by atoms with E-state index in [1.165, 1.54) is 29.2 Å². The van der Waals surface area contributed by atoms with Gasteiger partial charge in [-0.05, 0) is 84.0 Å². The summed E-state index contributed by atoms with van der Waals surface area (Å²) in [7, 11) is 0. The molecule has 0 N–H and O–H groups in total. The van der Waals surface area contributed by atoms with Gasteiger partial charge in [-0.2, -0.15) is 0 Å². The number of carbonyl (C=O) groups is 3. The maximum Gasteiger partial charge on any atom is 0.257 e. The van der Waals surface area contributed by atoms with E-state index in [9.17, 15) is 18.8 Å². The maximum absolute atomic E-state index is 13.3. The number of halogens is 2. The van der Waals surface area contributed by atoms with Gasteiger partial charge in [0.05, 0.1) is 18.2 Å². The number of hydrogen-bond acceptors (Lipinski definition) is 4. The van der Waals surface area contributed by atoms with E-state index in [2.05, 4.69) is 22.6 Å². The molecule has 0 radical (unpaired) electrons. The fourth-order valence-corrected chi connectivity index (χ4v) is 4.20. The number of anilines is 1. The van der Waals surface area contributed by atoms with Gasteiger partial charge in [-0.15, -0.1) is 0 Å². The summed E-state index contributed by atoms with van der Waals surface area (Å²) in [5, 5.41) is 0. The van der Waals surface area contributed by atoms with Crippen molar-refractivity contribution in [1.82, 2.24) is 4.90 Å². The van der Waals surface area contributed by atoms with E-state index in [0.29, 0.717) is 12.3 Å². The zero-order chi connectivity index (χ0) is 21.3. The van der Waals surface area contributed by atoms with Crippen molar-refractivity contribution in [3.63, 3.8) is 0 Å². The van der Waals surface area contributed by atoms with Crippen LogP contribution in [0.4, 0.5) is 10.1 Å². The van der Waals surface area contributed by atoms with Crippen molar-refractivity contribution in [3.05, 3.63) is 63.5 Å². The summed E-state index contributed by atoms with van der Waals surface area (Å²) in [6, 6.07) is 11.3. The average Bonchev–Trinajstić information content (AvgIpc) is 3.35. The molecule has 8 heteroatoms. The van der Waals surface area contributed by atoms with E-state index in [4.69, 9.17) is 4.74 Å². The Balaban J connectivity index is 1.63. The molecular formula is C22H20FIN2O4. The molecule has 0 saturated carbocycles. The molecule has 2 atom stereocenters. The van der Waals surface area contributed by atoms with Crippen LogP contribution in [0.2, 0.25) is 0 Å². The van der Waals surface area contributed by atoms with Crippen LogP contribution in [0, 0.1) is 9.39 Å². The van der Waals surface area contributed by atoms with Crippen LogP contribution in [0.15, 0.2) is 48.5 Å². The molecule has 0 aliphatic carbocycles. The second-order valence-corrected chi connectivity index (χ2v) is 8.61. The highest BCUT2D eigenvalue weighted by atomic mass is 127. The summed E-state index contributed by atoms with van der Waals surface area (Å²) in [5.74, 6) is -1.65. The van der Waals surface area contributed by atoms with Crippen LogP contribution >= 0.6 is 22.6 Å². The first-order valence-corrected chi connectivity index (χ1v) is 10.8. The van der Waals surface area contributed by atoms with Gasteiger partial charge in [0.2, 0.25) is 5.91 Å². The molecular weight excluding hydrogens is 502 g/mol. The molecule has 0 aromatic heterocycles. The van der Waals surface area contributed by atoms with Crippen LogP contribution in [-0.2, 0) is 14.3 Å². The quantitative estimate of drug-likeness (QED) is 0.446. The van der Waals surface area contributed by atoms with Gasteiger partial charge in [0, 0.05) is 22.3 Å². The molecule has 3 amide bonds. The Labute approximate surface area is 187 Å². The standard InChI is InChI=1S/C22H20FIN2O4/c23-15-5-3-14(4-6-15)21(28)25(13-18-2-1-11-30-18)19-12-20(27)26(22(19)29)17-9-7-16(24)8-10-17/h3-10,18-19H,1-2,11-13H2. The van der Waals surface area contributed by atoms with Crippen molar-refractivity contribution in [2.24, 2.45) is 0 Å². The molecule has 2 fully saturated rings. The van der Waals surface area contributed by atoms with Crippen molar-refractivity contribution in [2.75, 3.05) is 18.1 Å². The van der Waals surface area contributed by atoms with E-state index in [1.807, 2.05) is 12.1 Å². The lowest BCUT2D eigenvalue weighted by Crippen LogP contribution is -2.48. The van der Waals surface area contributed by atoms with Crippen LogP contribution in [-0.4, -0.2) is 47.9 Å². The minimum absolute atomic E-state index is 0.0928. The van der Waals surface area contributed by atoms with Gasteiger partial charge in [-0.25, -0.2) is 9.29 Å². The summed E-state index contributed by atoms with van der Waals surface area (Å²) in [6.07, 6.45) is 1.38. The fourth-order valence-electron chi connectivity index (χ4n) is 3.84. The SMILES string of the molecule is O=C1CC(N(CC2CCCO2)C(=O)c2ccc(F)cc2)C(=O)N1c1ccc(I)cc1. The van der Waals surface area contributed by atoms with E-state index in [-0.39, 0.29) is 30.5 Å². The predicted octanol–water partition coefficient (Wildman–Crippen LogP) is 3.38. The molecule has 2 aliphatic heterocycles. The highest BCUT2D eigenvalue weighted by Crippen LogP contribution is 2.28. The third kappa shape index (κ3) is 4.24. The van der Waals surface area contributed by atoms with Gasteiger partial charge in [0.15, 0.2) is 0 Å². The van der Waals surface area contributed by atoms with Gasteiger partial charge in [0.25, 0.3) is 11.8 Å². The summed E-state index contributed by atoms with van der Waals surface area (Å²) in [6.45, 7) is 0.815. The van der Waals surface area contributed by atoms with E-state index >= 15 is 0 Å². The first-order chi connectivity index (χ1) is 14.4. The van der Waals surface area contributed by atoms with Crippen molar-refractivity contribution in [1.29, 1.82) is 0 Å². The molecule has 2 aliphatic rings. The highest BCUT2D eigenvalue weighted by molar-refractivity contribution is 14.1. The average molecular weight is 522 g/mol. The maximum atomic E-state index is 13.3. The molecule has 0 bridgehead atoms. The number of ether oxygens (including phenoxy) is 1. The molecule has 0 spiro atoms. The van der Waals surface area contributed by atoms with Gasteiger partial charge < -0.3 is 9.64 Å². The third-order valence-electron chi connectivity index (χ3n) is 5.36. The van der Waals surface area contributed by atoms with Crippen molar-refractivity contribution in [3.8, 4) is 0 Å². The zero-order valence-electron chi connectivity index (χ0n) is 16.1. The highest BCUT2D eigenvalue weighted by Gasteiger charge is 2.45. The Bertz CT molecular complexity index is 958. The van der Waals surface area contributed by atoms with Crippen LogP contribution in [0.25, 0.3) is 0 Å². The molecule has 2 unspecified atom stereocenters. The second-order valence-electron chi connectivity index (χ2n) is 7.36. The van der Waals surface area contributed by atoms with E-state index in [1.54, 1.807) is 12.1 Å². The molecule has 4 rings (SSSR count). The molecule has 30 heavy (non-hydrogen) atoms. The number of hydrogen-bond donors (Lipinski definition) is 0. The molecule has 2 heterocycles. The van der Waals surface area contributed by atoms with Gasteiger partial charge in [0.1, 0.15) is 11.9 Å². The number of rotatable bonds is 5. The normalized spacial score (nSPS) is 21.3. The summed E-state index contributed by atoms with van der Waals surface area (Å²) < 4.78 is 20.0. The summed E-state index contributed by atoms with van der Waals surface area (Å²) >= 11 is 2.15. The third-order valence-corrected chi connectivity index (χ3v) is 6.08. The van der Waals surface area contributed by atoms with Crippen molar-refractivity contribution in [2.45, 2.75) is 31.4 Å². The van der Waals surface area contributed by atoms with Crippen molar-refractivity contribution >= 4 is 46.0 Å². The Morgan fingerprint density at radius 3 is 2.47 bits per heavy atom. The first-order valence-electron chi connectivity index (χ1n) is 9.74. The monoisotopic (exact) mass is 522 g/mol. The minimum Gasteiger partial charge on any atom is -0.376 e. The van der Waals surface area contributed by atoms with Crippen LogP contribution < -0.4 is 4.90 Å². The lowest BCUT2D eigenvalue weighted by molar-refractivity contribution is -0.122. The minimum atomic E-state index is -0.918. The summed E-state index contributed by atoms with van der Waals surface area (Å²) in [4.78, 5) is 41.7. The number of amides is 3. The number of benzene rings is 2. The van der Waals surface area contributed by atoms with E-state index < -0.39 is 23.7 Å². The van der Waals surface area contributed by atoms with Gasteiger partial charge in [-0.1, -0.05) is 0 Å². The topological polar surface area (TPSA) is 66.9 Å². The molecule has 2 aromatic rings. The lowest BCUT2D eigenvalue weighted by Gasteiger charge is -2.30. The zero-order valence-corrected chi connectivity index (χ0v) is 18.2. The number of imide groups is 1. The Kier molecular flexibility index (Phi) is 6.14. The van der Waals surface area contributed by atoms with Crippen LogP contribution in [0.1, 0.15) is 29.6 Å². The van der Waals surface area contributed by atoms with Crippen LogP contribution in [0.3, 0.4) is 0 Å². The summed E-state index contributed by atoms with van der Waals surface area (Å²) in [5.41, 5.74) is 0.751. The molecule has 2 saturated heterocycles. The van der Waals surface area contributed by atoms with Crippen molar-refractivity contribution < 1.29 is 23.5 Å². The number of carbonyl (C=O) groups excluding carboxylic acids is 3. The Morgan fingerprint density at radius 1 is 1.13 bits per heavy atom. The predicted molar refractivity (Wildman–Crippen MR) is 116 cm³/mol. The lowest BCUT2D eigenvalue weighted by atomic mass is 10.1. The molecule has 6 nitrogen and oxygen atoms in total. The van der Waals surface area contributed by atoms with Gasteiger partial charge in [-0.3, -0.25) is 14.4 Å². The van der Waals surface area contributed by atoms with E-state index in [0.717, 1.165) is 21.3 Å². The Hall–Kier alpha value is -2.33. The molecule has 156 valence electrons. The largest absolute Gasteiger partial charge is 0.376 e. The molecule has 2 aromatic carbocycles. The second kappa shape index (κ2) is 8.81. The smallest absolute Gasteiger partial charge is 0.257 e. The Morgan fingerprint density at radius 2 is 1.83 bits per heavy atom. The van der Waals surface area contributed by atoms with Gasteiger partial charge >= 0.3 is 0 Å². The number of nitrogens with zero attached hydrogens (tertiary/aromatic N) is 2. The van der Waals surface area contributed by atoms with Crippen LogP contribution in [0.5, 0.6) is 0 Å².